The Morgan fingerprint density at radius 2 is 2.25 bits per heavy atom. The molecule has 1 fully saturated rings. The van der Waals surface area contributed by atoms with Gasteiger partial charge in [0.2, 0.25) is 0 Å². The number of aromatic amines is 1. The summed E-state index contributed by atoms with van der Waals surface area (Å²) in [6, 6.07) is 0. The van der Waals surface area contributed by atoms with E-state index in [2.05, 4.69) is 15.1 Å². The van der Waals surface area contributed by atoms with Crippen LogP contribution < -0.4 is 11.3 Å². The Labute approximate surface area is 91.1 Å². The normalized spacial score (nSPS) is 15.2. The second kappa shape index (κ2) is 3.19. The second-order valence-electron chi connectivity index (χ2n) is 3.92. The maximum Gasteiger partial charge on any atom is 0.296 e. The second-order valence-corrected chi connectivity index (χ2v) is 3.92. The highest BCUT2D eigenvalue weighted by Crippen LogP contribution is 2.40. The van der Waals surface area contributed by atoms with Gasteiger partial charge >= 0.3 is 0 Å². The molecule has 0 aliphatic heterocycles. The molecule has 3 N–H and O–H groups in total. The fraction of sp³-hybridized carbons (Fsp3) is 0.300. The molecule has 6 nitrogen and oxygen atoms in total. The van der Waals surface area contributed by atoms with E-state index in [1.54, 1.807) is 6.20 Å². The SMILES string of the molecule is Nc1c(C2CC2)[nH]n(-c2cnccn2)c1=O. The summed E-state index contributed by atoms with van der Waals surface area (Å²) in [5.74, 6) is 0.872. The summed E-state index contributed by atoms with van der Waals surface area (Å²) in [6.07, 6.45) is 6.79. The minimum Gasteiger partial charge on any atom is -0.393 e. The van der Waals surface area contributed by atoms with Crippen molar-refractivity contribution in [1.82, 2.24) is 19.7 Å². The summed E-state index contributed by atoms with van der Waals surface area (Å²) < 4.78 is 1.34. The van der Waals surface area contributed by atoms with Crippen molar-refractivity contribution in [2.45, 2.75) is 18.8 Å². The average Bonchev–Trinajstić information content (AvgIpc) is 3.10. The minimum absolute atomic E-state index is 0.248. The van der Waals surface area contributed by atoms with E-state index in [9.17, 15) is 4.79 Å². The molecule has 1 saturated carbocycles. The summed E-state index contributed by atoms with van der Waals surface area (Å²) in [6.45, 7) is 0. The molecule has 0 bridgehead atoms. The van der Waals surface area contributed by atoms with Gasteiger partial charge in [0.15, 0.2) is 5.82 Å². The van der Waals surface area contributed by atoms with Crippen molar-refractivity contribution in [1.29, 1.82) is 0 Å². The molecule has 2 aromatic rings. The number of nitrogens with two attached hydrogens (primary N) is 1. The molecule has 0 saturated heterocycles. The van der Waals surface area contributed by atoms with Gasteiger partial charge in [-0.2, -0.15) is 4.68 Å². The van der Waals surface area contributed by atoms with Crippen molar-refractivity contribution in [3.8, 4) is 5.82 Å². The lowest BCUT2D eigenvalue weighted by Gasteiger charge is -1.98. The Balaban J connectivity index is 2.15. The number of aromatic nitrogens is 4. The van der Waals surface area contributed by atoms with E-state index in [4.69, 9.17) is 5.73 Å². The maximum absolute atomic E-state index is 11.9. The zero-order chi connectivity index (χ0) is 11.1. The molecule has 1 aliphatic carbocycles. The summed E-state index contributed by atoms with van der Waals surface area (Å²) in [5.41, 5.74) is 6.65. The molecule has 2 aromatic heterocycles. The van der Waals surface area contributed by atoms with Crippen molar-refractivity contribution in [3.05, 3.63) is 34.6 Å². The van der Waals surface area contributed by atoms with Crippen molar-refractivity contribution < 1.29 is 0 Å². The number of nitrogens with zero attached hydrogens (tertiary/aromatic N) is 3. The first-order valence-corrected chi connectivity index (χ1v) is 5.14. The van der Waals surface area contributed by atoms with E-state index in [1.165, 1.54) is 17.1 Å². The zero-order valence-corrected chi connectivity index (χ0v) is 8.55. The first-order chi connectivity index (χ1) is 7.77. The molecule has 0 radical (unpaired) electrons. The molecular formula is C10H11N5O. The van der Waals surface area contributed by atoms with Gasteiger partial charge in [-0.05, 0) is 12.8 Å². The number of nitrogens with one attached hydrogen (secondary N) is 1. The molecule has 16 heavy (non-hydrogen) atoms. The van der Waals surface area contributed by atoms with Gasteiger partial charge in [0, 0.05) is 18.3 Å². The van der Waals surface area contributed by atoms with Crippen molar-refractivity contribution in [3.63, 3.8) is 0 Å². The summed E-state index contributed by atoms with van der Waals surface area (Å²) in [4.78, 5) is 19.8. The van der Waals surface area contributed by atoms with Gasteiger partial charge in [-0.25, -0.2) is 4.98 Å². The Hall–Kier alpha value is -2.11. The van der Waals surface area contributed by atoms with Crippen LogP contribution >= 0.6 is 0 Å². The van der Waals surface area contributed by atoms with E-state index < -0.39 is 0 Å². The number of hydrogen-bond donors (Lipinski definition) is 2. The Kier molecular flexibility index (Phi) is 1.82. The van der Waals surface area contributed by atoms with Gasteiger partial charge in [-0.15, -0.1) is 0 Å². The minimum atomic E-state index is -0.248. The quantitative estimate of drug-likeness (QED) is 0.762. The van der Waals surface area contributed by atoms with E-state index >= 15 is 0 Å². The number of hydrogen-bond acceptors (Lipinski definition) is 4. The Morgan fingerprint density at radius 1 is 1.44 bits per heavy atom. The number of nitrogen functional groups attached to an aromatic ring is 1. The zero-order valence-electron chi connectivity index (χ0n) is 8.55. The smallest absolute Gasteiger partial charge is 0.296 e. The van der Waals surface area contributed by atoms with Crippen LogP contribution in [0.2, 0.25) is 0 Å². The van der Waals surface area contributed by atoms with Crippen molar-refractivity contribution >= 4 is 5.69 Å². The third-order valence-electron chi connectivity index (χ3n) is 2.72. The van der Waals surface area contributed by atoms with Crippen LogP contribution in [-0.2, 0) is 0 Å². The standard InChI is InChI=1S/C10H11N5O/c11-8-9(6-1-2-6)14-15(10(8)16)7-5-12-3-4-13-7/h3-6,14H,1-2,11H2. The highest BCUT2D eigenvalue weighted by Gasteiger charge is 2.29. The summed E-state index contributed by atoms with van der Waals surface area (Å²) in [7, 11) is 0. The van der Waals surface area contributed by atoms with E-state index in [0.29, 0.717) is 17.4 Å². The van der Waals surface area contributed by atoms with Crippen LogP contribution in [0.5, 0.6) is 0 Å². The largest absolute Gasteiger partial charge is 0.393 e. The molecule has 2 heterocycles. The molecule has 0 spiro atoms. The third kappa shape index (κ3) is 1.30. The molecule has 0 aromatic carbocycles. The van der Waals surface area contributed by atoms with Gasteiger partial charge in [0.1, 0.15) is 5.69 Å². The molecule has 0 unspecified atom stereocenters. The Bertz CT molecular complexity index is 567. The number of H-pyrrole nitrogens is 1. The predicted octanol–water partition coefficient (Wildman–Crippen LogP) is 0.415. The lowest BCUT2D eigenvalue weighted by atomic mass is 10.3. The highest BCUT2D eigenvalue weighted by atomic mass is 16.1. The molecule has 0 amide bonds. The van der Waals surface area contributed by atoms with Gasteiger partial charge < -0.3 is 5.73 Å². The number of anilines is 1. The van der Waals surface area contributed by atoms with Crippen LogP contribution in [0.4, 0.5) is 5.69 Å². The van der Waals surface area contributed by atoms with Crippen LogP contribution in [-0.4, -0.2) is 19.7 Å². The predicted molar refractivity (Wildman–Crippen MR) is 58.4 cm³/mol. The van der Waals surface area contributed by atoms with Crippen molar-refractivity contribution in [2.75, 3.05) is 5.73 Å². The van der Waals surface area contributed by atoms with Crippen LogP contribution in [0.15, 0.2) is 23.4 Å². The lowest BCUT2D eigenvalue weighted by Crippen LogP contribution is -2.17. The Morgan fingerprint density at radius 3 is 2.88 bits per heavy atom. The molecule has 82 valence electrons. The fourth-order valence-corrected chi connectivity index (χ4v) is 1.72. The molecule has 3 rings (SSSR count). The first-order valence-electron chi connectivity index (χ1n) is 5.14. The van der Waals surface area contributed by atoms with Crippen LogP contribution in [0.1, 0.15) is 24.5 Å². The topological polar surface area (TPSA) is 89.6 Å². The molecule has 6 heteroatoms. The van der Waals surface area contributed by atoms with Crippen molar-refractivity contribution in [2.24, 2.45) is 0 Å². The van der Waals surface area contributed by atoms with Crippen LogP contribution in [0, 0.1) is 0 Å². The van der Waals surface area contributed by atoms with E-state index in [0.717, 1.165) is 18.5 Å². The van der Waals surface area contributed by atoms with Gasteiger partial charge in [-0.3, -0.25) is 14.9 Å². The first kappa shape index (κ1) is 9.14. The molecular weight excluding hydrogens is 206 g/mol. The summed E-state index contributed by atoms with van der Waals surface area (Å²) >= 11 is 0. The molecule has 1 aliphatic rings. The van der Waals surface area contributed by atoms with Gasteiger partial charge in [0.05, 0.1) is 11.9 Å². The summed E-state index contributed by atoms with van der Waals surface area (Å²) in [5, 5.41) is 3.00. The van der Waals surface area contributed by atoms with Gasteiger partial charge in [-0.1, -0.05) is 0 Å². The van der Waals surface area contributed by atoms with Crippen LogP contribution in [0.25, 0.3) is 5.82 Å². The van der Waals surface area contributed by atoms with E-state index in [1.807, 2.05) is 0 Å². The highest BCUT2D eigenvalue weighted by molar-refractivity contribution is 5.46. The third-order valence-corrected chi connectivity index (χ3v) is 2.72. The molecule has 0 atom stereocenters. The fourth-order valence-electron chi connectivity index (χ4n) is 1.72. The monoisotopic (exact) mass is 217 g/mol. The maximum atomic E-state index is 11.9. The lowest BCUT2D eigenvalue weighted by molar-refractivity contribution is 0.786. The van der Waals surface area contributed by atoms with Gasteiger partial charge in [0.25, 0.3) is 5.56 Å². The van der Waals surface area contributed by atoms with Crippen LogP contribution in [0.3, 0.4) is 0 Å². The average molecular weight is 217 g/mol. The van der Waals surface area contributed by atoms with E-state index in [-0.39, 0.29) is 5.56 Å². The number of rotatable bonds is 2.